The molecule has 0 heterocycles. The summed E-state index contributed by atoms with van der Waals surface area (Å²) in [6.07, 6.45) is 0.903. The van der Waals surface area contributed by atoms with Crippen LogP contribution in [0.25, 0.3) is 0 Å². The molecule has 1 aromatic rings. The van der Waals surface area contributed by atoms with Crippen LogP contribution >= 0.6 is 0 Å². The topological polar surface area (TPSA) is 29.3 Å². The van der Waals surface area contributed by atoms with Crippen molar-refractivity contribution < 1.29 is 8.78 Å². The second-order valence-corrected chi connectivity index (χ2v) is 3.63. The van der Waals surface area contributed by atoms with E-state index in [0.717, 1.165) is 24.6 Å². The molecule has 0 aliphatic heterocycles. The normalized spacial score (nSPS) is 11.0. The highest BCUT2D eigenvalue weighted by molar-refractivity contribution is 5.17. The zero-order valence-electron chi connectivity index (χ0n) is 8.84. The molecule has 1 rings (SSSR count). The second kappa shape index (κ2) is 5.78. The molecular formula is C11H16F2N2. The lowest BCUT2D eigenvalue weighted by atomic mass is 10.2. The third-order valence-electron chi connectivity index (χ3n) is 2.18. The molecule has 0 fully saturated rings. The number of nitrogens with zero attached hydrogens (tertiary/aromatic N) is 1. The number of hydrogen-bond donors (Lipinski definition) is 1. The van der Waals surface area contributed by atoms with Crippen molar-refractivity contribution in [3.8, 4) is 0 Å². The van der Waals surface area contributed by atoms with Crippen LogP contribution in [-0.2, 0) is 6.54 Å². The smallest absolute Gasteiger partial charge is 0.159 e. The van der Waals surface area contributed by atoms with E-state index in [-0.39, 0.29) is 0 Å². The molecule has 0 aliphatic rings. The second-order valence-electron chi connectivity index (χ2n) is 3.63. The van der Waals surface area contributed by atoms with Gasteiger partial charge in [0.2, 0.25) is 0 Å². The van der Waals surface area contributed by atoms with Crippen LogP contribution in [0.1, 0.15) is 12.0 Å². The van der Waals surface area contributed by atoms with Crippen LogP contribution in [0.15, 0.2) is 18.2 Å². The number of hydrogen-bond acceptors (Lipinski definition) is 2. The summed E-state index contributed by atoms with van der Waals surface area (Å²) in [5.41, 5.74) is 6.15. The molecule has 0 saturated heterocycles. The van der Waals surface area contributed by atoms with E-state index >= 15 is 0 Å². The van der Waals surface area contributed by atoms with E-state index in [0.29, 0.717) is 13.1 Å². The molecule has 0 saturated carbocycles. The Labute approximate surface area is 88.7 Å². The van der Waals surface area contributed by atoms with Crippen molar-refractivity contribution in [2.24, 2.45) is 5.73 Å². The van der Waals surface area contributed by atoms with E-state index in [1.165, 1.54) is 6.07 Å². The molecule has 0 atom stereocenters. The van der Waals surface area contributed by atoms with Gasteiger partial charge in [0.05, 0.1) is 0 Å². The highest BCUT2D eigenvalue weighted by atomic mass is 19.2. The highest BCUT2D eigenvalue weighted by Gasteiger charge is 2.04. The molecule has 0 aromatic heterocycles. The number of benzene rings is 1. The van der Waals surface area contributed by atoms with Crippen molar-refractivity contribution in [3.63, 3.8) is 0 Å². The summed E-state index contributed by atoms with van der Waals surface area (Å²) < 4.78 is 25.5. The van der Waals surface area contributed by atoms with Crippen LogP contribution in [0.5, 0.6) is 0 Å². The summed E-state index contributed by atoms with van der Waals surface area (Å²) >= 11 is 0. The maximum atomic E-state index is 12.9. The van der Waals surface area contributed by atoms with E-state index in [1.807, 2.05) is 11.9 Å². The fraction of sp³-hybridized carbons (Fsp3) is 0.455. The molecule has 0 unspecified atom stereocenters. The van der Waals surface area contributed by atoms with Gasteiger partial charge in [-0.2, -0.15) is 0 Å². The molecule has 0 aliphatic carbocycles. The Kier molecular flexibility index (Phi) is 4.65. The van der Waals surface area contributed by atoms with E-state index in [1.54, 1.807) is 6.07 Å². The molecule has 0 radical (unpaired) electrons. The zero-order valence-corrected chi connectivity index (χ0v) is 8.84. The molecule has 0 bridgehead atoms. The van der Waals surface area contributed by atoms with Crippen molar-refractivity contribution in [3.05, 3.63) is 35.4 Å². The third-order valence-corrected chi connectivity index (χ3v) is 2.18. The first-order valence-corrected chi connectivity index (χ1v) is 4.96. The lowest BCUT2D eigenvalue weighted by Gasteiger charge is -2.15. The van der Waals surface area contributed by atoms with Gasteiger partial charge < -0.3 is 10.6 Å². The maximum Gasteiger partial charge on any atom is 0.159 e. The Balaban J connectivity index is 2.53. The molecule has 2 nitrogen and oxygen atoms in total. The van der Waals surface area contributed by atoms with Gasteiger partial charge in [0.1, 0.15) is 0 Å². The minimum atomic E-state index is -0.802. The predicted octanol–water partition coefficient (Wildman–Crippen LogP) is 1.75. The average Bonchev–Trinajstić information content (AvgIpc) is 2.20. The fourth-order valence-electron chi connectivity index (χ4n) is 1.39. The monoisotopic (exact) mass is 214 g/mol. The van der Waals surface area contributed by atoms with E-state index in [9.17, 15) is 8.78 Å². The lowest BCUT2D eigenvalue weighted by molar-refractivity contribution is 0.323. The number of halogens is 2. The van der Waals surface area contributed by atoms with Crippen LogP contribution in [0, 0.1) is 11.6 Å². The molecule has 15 heavy (non-hydrogen) atoms. The molecule has 0 amide bonds. The molecule has 0 spiro atoms. The minimum absolute atomic E-state index is 0.608. The van der Waals surface area contributed by atoms with Gasteiger partial charge in [-0.1, -0.05) is 6.07 Å². The highest BCUT2D eigenvalue weighted by Crippen LogP contribution is 2.10. The van der Waals surface area contributed by atoms with Crippen molar-refractivity contribution in [2.75, 3.05) is 20.1 Å². The summed E-state index contributed by atoms with van der Waals surface area (Å²) in [4.78, 5) is 2.03. The Hall–Kier alpha value is -1.00. The van der Waals surface area contributed by atoms with Crippen LogP contribution in [0.2, 0.25) is 0 Å². The third kappa shape index (κ3) is 3.93. The SMILES string of the molecule is CN(CCCN)Cc1ccc(F)c(F)c1. The minimum Gasteiger partial charge on any atom is -0.330 e. The van der Waals surface area contributed by atoms with E-state index < -0.39 is 11.6 Å². The Morgan fingerprint density at radius 2 is 2.00 bits per heavy atom. The summed E-state index contributed by atoms with van der Waals surface area (Å²) in [6.45, 7) is 2.11. The Morgan fingerprint density at radius 1 is 1.27 bits per heavy atom. The predicted molar refractivity (Wildman–Crippen MR) is 56.4 cm³/mol. The average molecular weight is 214 g/mol. The van der Waals surface area contributed by atoms with Crippen LogP contribution in [0.4, 0.5) is 8.78 Å². The van der Waals surface area contributed by atoms with Crippen molar-refractivity contribution in [1.82, 2.24) is 4.90 Å². The van der Waals surface area contributed by atoms with Crippen molar-refractivity contribution in [2.45, 2.75) is 13.0 Å². The number of rotatable bonds is 5. The first-order valence-electron chi connectivity index (χ1n) is 4.96. The van der Waals surface area contributed by atoms with Crippen molar-refractivity contribution >= 4 is 0 Å². The zero-order chi connectivity index (χ0) is 11.3. The fourth-order valence-corrected chi connectivity index (χ4v) is 1.39. The Bertz CT molecular complexity index is 315. The summed E-state index contributed by atoms with van der Waals surface area (Å²) in [5, 5.41) is 0. The largest absolute Gasteiger partial charge is 0.330 e. The maximum absolute atomic E-state index is 12.9. The number of nitrogens with two attached hydrogens (primary N) is 1. The van der Waals surface area contributed by atoms with Gasteiger partial charge in [-0.15, -0.1) is 0 Å². The lowest BCUT2D eigenvalue weighted by Crippen LogP contribution is -2.21. The first kappa shape index (κ1) is 12.1. The molecule has 1 aromatic carbocycles. The van der Waals surface area contributed by atoms with E-state index in [4.69, 9.17) is 5.73 Å². The van der Waals surface area contributed by atoms with Crippen LogP contribution < -0.4 is 5.73 Å². The van der Waals surface area contributed by atoms with E-state index in [2.05, 4.69) is 0 Å². The van der Waals surface area contributed by atoms with Gasteiger partial charge in [0.15, 0.2) is 11.6 Å². The van der Waals surface area contributed by atoms with Gasteiger partial charge in [-0.05, 0) is 44.3 Å². The van der Waals surface area contributed by atoms with Crippen LogP contribution in [0.3, 0.4) is 0 Å². The first-order chi connectivity index (χ1) is 7.13. The van der Waals surface area contributed by atoms with Gasteiger partial charge in [0, 0.05) is 6.54 Å². The Morgan fingerprint density at radius 3 is 2.60 bits per heavy atom. The van der Waals surface area contributed by atoms with Gasteiger partial charge in [-0.25, -0.2) is 8.78 Å². The molecule has 84 valence electrons. The summed E-state index contributed by atoms with van der Waals surface area (Å²) in [6, 6.07) is 3.98. The summed E-state index contributed by atoms with van der Waals surface area (Å²) in [7, 11) is 1.93. The standard InChI is InChI=1S/C11H16F2N2/c1-15(6-2-5-14)8-9-3-4-10(12)11(13)7-9/h3-4,7H,2,5-6,8,14H2,1H3. The van der Waals surface area contributed by atoms with Crippen LogP contribution in [-0.4, -0.2) is 25.0 Å². The quantitative estimate of drug-likeness (QED) is 0.809. The van der Waals surface area contributed by atoms with Gasteiger partial charge in [-0.3, -0.25) is 0 Å². The van der Waals surface area contributed by atoms with Crippen molar-refractivity contribution in [1.29, 1.82) is 0 Å². The van der Waals surface area contributed by atoms with Gasteiger partial charge in [0.25, 0.3) is 0 Å². The summed E-state index contributed by atoms with van der Waals surface area (Å²) in [5.74, 6) is -1.59. The molecular weight excluding hydrogens is 198 g/mol. The van der Waals surface area contributed by atoms with Gasteiger partial charge >= 0.3 is 0 Å². The molecule has 2 N–H and O–H groups in total. The molecule has 4 heteroatoms.